The predicted molar refractivity (Wildman–Crippen MR) is 89.7 cm³/mol. The van der Waals surface area contributed by atoms with Crippen LogP contribution in [0.2, 0.25) is 0 Å². The fraction of sp³-hybridized carbons (Fsp3) is 0.684. The number of aryl methyl sites for hydroxylation is 1. The molecule has 0 aliphatic heterocycles. The Bertz CT molecular complexity index is 515. The summed E-state index contributed by atoms with van der Waals surface area (Å²) in [5.41, 5.74) is 10.6. The minimum Gasteiger partial charge on any atom is -0.496 e. The van der Waals surface area contributed by atoms with E-state index in [1.807, 2.05) is 0 Å². The zero-order valence-corrected chi connectivity index (χ0v) is 14.5. The van der Waals surface area contributed by atoms with Crippen molar-refractivity contribution < 1.29 is 4.74 Å². The Balaban J connectivity index is 2.59. The molecule has 1 fully saturated rings. The predicted octanol–water partition coefficient (Wildman–Crippen LogP) is 4.70. The SMILES string of the molecule is COc1c(C2(N)CCCCC2C(C)(C)C)ccc(C)c1C. The first-order valence-electron chi connectivity index (χ1n) is 8.15. The van der Waals surface area contributed by atoms with E-state index in [-0.39, 0.29) is 11.0 Å². The van der Waals surface area contributed by atoms with Crippen LogP contribution in [-0.2, 0) is 5.54 Å². The lowest BCUT2D eigenvalue weighted by molar-refractivity contribution is 0.0758. The zero-order chi connectivity index (χ0) is 15.8. The highest BCUT2D eigenvalue weighted by Crippen LogP contribution is 2.50. The maximum Gasteiger partial charge on any atom is 0.127 e. The molecule has 2 atom stereocenters. The molecular weight excluding hydrogens is 258 g/mol. The highest BCUT2D eigenvalue weighted by Gasteiger charge is 2.46. The summed E-state index contributed by atoms with van der Waals surface area (Å²) >= 11 is 0. The highest BCUT2D eigenvalue weighted by molar-refractivity contribution is 5.49. The van der Waals surface area contributed by atoms with Crippen LogP contribution in [0, 0.1) is 25.2 Å². The van der Waals surface area contributed by atoms with E-state index in [0.29, 0.717) is 5.92 Å². The van der Waals surface area contributed by atoms with Gasteiger partial charge in [-0.1, -0.05) is 45.7 Å². The van der Waals surface area contributed by atoms with Gasteiger partial charge in [0, 0.05) is 11.1 Å². The molecule has 1 saturated carbocycles. The van der Waals surface area contributed by atoms with Crippen molar-refractivity contribution in [2.75, 3.05) is 7.11 Å². The van der Waals surface area contributed by atoms with Crippen molar-refractivity contribution in [3.63, 3.8) is 0 Å². The van der Waals surface area contributed by atoms with Crippen LogP contribution in [0.25, 0.3) is 0 Å². The van der Waals surface area contributed by atoms with Crippen molar-refractivity contribution in [2.24, 2.45) is 17.1 Å². The normalized spacial score (nSPS) is 26.7. The number of benzene rings is 1. The summed E-state index contributed by atoms with van der Waals surface area (Å²) in [6.45, 7) is 11.2. The molecule has 2 nitrogen and oxygen atoms in total. The second-order valence-electron chi connectivity index (χ2n) is 7.79. The fourth-order valence-electron chi connectivity index (χ4n) is 4.15. The second kappa shape index (κ2) is 5.64. The van der Waals surface area contributed by atoms with E-state index in [0.717, 1.165) is 12.2 Å². The maximum atomic E-state index is 7.03. The molecule has 2 heteroatoms. The summed E-state index contributed by atoms with van der Waals surface area (Å²) in [7, 11) is 1.77. The van der Waals surface area contributed by atoms with Crippen LogP contribution >= 0.6 is 0 Å². The Labute approximate surface area is 130 Å². The van der Waals surface area contributed by atoms with Gasteiger partial charge in [-0.2, -0.15) is 0 Å². The molecule has 1 aliphatic carbocycles. The van der Waals surface area contributed by atoms with Gasteiger partial charge < -0.3 is 10.5 Å². The Morgan fingerprint density at radius 2 is 1.86 bits per heavy atom. The topological polar surface area (TPSA) is 35.2 Å². The Morgan fingerprint density at radius 1 is 1.19 bits per heavy atom. The number of nitrogens with two attached hydrogens (primary N) is 1. The molecule has 2 rings (SSSR count). The van der Waals surface area contributed by atoms with Crippen LogP contribution in [0.1, 0.15) is 63.1 Å². The Hall–Kier alpha value is -1.02. The number of hydrogen-bond acceptors (Lipinski definition) is 2. The zero-order valence-electron chi connectivity index (χ0n) is 14.5. The van der Waals surface area contributed by atoms with Crippen molar-refractivity contribution in [2.45, 2.75) is 65.8 Å². The molecule has 0 radical (unpaired) electrons. The van der Waals surface area contributed by atoms with E-state index >= 15 is 0 Å². The molecule has 1 aromatic carbocycles. The van der Waals surface area contributed by atoms with Gasteiger partial charge in [0.1, 0.15) is 5.75 Å². The fourth-order valence-corrected chi connectivity index (χ4v) is 4.15. The van der Waals surface area contributed by atoms with Crippen LogP contribution in [0.15, 0.2) is 12.1 Å². The standard InChI is InChI=1S/C19H31NO/c1-13-10-11-15(17(21-6)14(13)2)19(20)12-8-7-9-16(19)18(3,4)5/h10-11,16H,7-9,12,20H2,1-6H3. The molecule has 21 heavy (non-hydrogen) atoms. The van der Waals surface area contributed by atoms with Crippen molar-refractivity contribution >= 4 is 0 Å². The molecule has 0 aromatic heterocycles. The number of methoxy groups -OCH3 is 1. The lowest BCUT2D eigenvalue weighted by Crippen LogP contribution is -2.51. The van der Waals surface area contributed by atoms with Gasteiger partial charge in [-0.05, 0) is 49.1 Å². The lowest BCUT2D eigenvalue weighted by Gasteiger charge is -2.48. The molecule has 2 unspecified atom stereocenters. The Morgan fingerprint density at radius 3 is 2.43 bits per heavy atom. The average Bonchev–Trinajstić information content (AvgIpc) is 2.40. The summed E-state index contributed by atoms with van der Waals surface area (Å²) in [5.74, 6) is 1.48. The van der Waals surface area contributed by atoms with E-state index in [2.05, 4.69) is 46.8 Å². The molecule has 1 aromatic rings. The average molecular weight is 289 g/mol. The third-order valence-electron chi connectivity index (χ3n) is 5.38. The molecule has 2 N–H and O–H groups in total. The summed E-state index contributed by atoms with van der Waals surface area (Å²) in [6, 6.07) is 4.39. The van der Waals surface area contributed by atoms with E-state index < -0.39 is 0 Å². The molecule has 0 amide bonds. The van der Waals surface area contributed by atoms with Gasteiger partial charge in [-0.25, -0.2) is 0 Å². The molecule has 1 aliphatic rings. The summed E-state index contributed by atoms with van der Waals surface area (Å²) in [4.78, 5) is 0. The minimum atomic E-state index is -0.277. The summed E-state index contributed by atoms with van der Waals surface area (Å²) in [5, 5.41) is 0. The number of hydrogen-bond donors (Lipinski definition) is 1. The lowest BCUT2D eigenvalue weighted by atomic mass is 9.60. The second-order valence-corrected chi connectivity index (χ2v) is 7.79. The van der Waals surface area contributed by atoms with Gasteiger partial charge in [0.15, 0.2) is 0 Å². The smallest absolute Gasteiger partial charge is 0.127 e. The van der Waals surface area contributed by atoms with Crippen LogP contribution in [0.3, 0.4) is 0 Å². The van der Waals surface area contributed by atoms with Gasteiger partial charge in [0.05, 0.1) is 7.11 Å². The molecule has 0 saturated heterocycles. The third-order valence-corrected chi connectivity index (χ3v) is 5.38. The monoisotopic (exact) mass is 289 g/mol. The summed E-state index contributed by atoms with van der Waals surface area (Å²) in [6.07, 6.45) is 4.75. The first-order valence-corrected chi connectivity index (χ1v) is 8.15. The van der Waals surface area contributed by atoms with Gasteiger partial charge in [-0.3, -0.25) is 0 Å². The van der Waals surface area contributed by atoms with Crippen molar-refractivity contribution in [3.05, 3.63) is 28.8 Å². The van der Waals surface area contributed by atoms with Crippen molar-refractivity contribution in [3.8, 4) is 5.75 Å². The van der Waals surface area contributed by atoms with Gasteiger partial charge in [0.25, 0.3) is 0 Å². The van der Waals surface area contributed by atoms with Gasteiger partial charge in [-0.15, -0.1) is 0 Å². The summed E-state index contributed by atoms with van der Waals surface area (Å²) < 4.78 is 5.76. The van der Waals surface area contributed by atoms with Crippen LogP contribution in [0.5, 0.6) is 5.75 Å². The van der Waals surface area contributed by atoms with Gasteiger partial charge in [0.2, 0.25) is 0 Å². The number of ether oxygens (including phenoxy) is 1. The van der Waals surface area contributed by atoms with E-state index in [1.165, 1.54) is 36.0 Å². The van der Waals surface area contributed by atoms with E-state index in [4.69, 9.17) is 10.5 Å². The van der Waals surface area contributed by atoms with E-state index in [9.17, 15) is 0 Å². The maximum absolute atomic E-state index is 7.03. The highest BCUT2D eigenvalue weighted by atomic mass is 16.5. The van der Waals surface area contributed by atoms with Crippen LogP contribution < -0.4 is 10.5 Å². The Kier molecular flexibility index (Phi) is 4.39. The van der Waals surface area contributed by atoms with Crippen molar-refractivity contribution in [1.82, 2.24) is 0 Å². The van der Waals surface area contributed by atoms with Crippen LogP contribution in [-0.4, -0.2) is 7.11 Å². The third kappa shape index (κ3) is 2.83. The molecular formula is C19H31NO. The van der Waals surface area contributed by atoms with Crippen LogP contribution in [0.4, 0.5) is 0 Å². The molecule has 0 heterocycles. The molecule has 0 bridgehead atoms. The largest absolute Gasteiger partial charge is 0.496 e. The van der Waals surface area contributed by atoms with Crippen molar-refractivity contribution in [1.29, 1.82) is 0 Å². The molecule has 118 valence electrons. The number of rotatable bonds is 2. The minimum absolute atomic E-state index is 0.207. The van der Waals surface area contributed by atoms with E-state index in [1.54, 1.807) is 7.11 Å². The van der Waals surface area contributed by atoms with Gasteiger partial charge >= 0.3 is 0 Å². The quantitative estimate of drug-likeness (QED) is 0.856. The molecule has 0 spiro atoms. The first-order chi connectivity index (χ1) is 9.71. The first kappa shape index (κ1) is 16.4.